The van der Waals surface area contributed by atoms with Crippen LogP contribution in [0.4, 0.5) is 9.05 Å². The molecule has 1 aliphatic rings. The van der Waals surface area contributed by atoms with Crippen molar-refractivity contribution in [1.82, 2.24) is 9.13 Å². The summed E-state index contributed by atoms with van der Waals surface area (Å²) in [5.74, 6) is -1.04. The van der Waals surface area contributed by atoms with Gasteiger partial charge in [0.2, 0.25) is 0 Å². The molecule has 0 spiro atoms. The van der Waals surface area contributed by atoms with Crippen LogP contribution in [0.3, 0.4) is 0 Å². The van der Waals surface area contributed by atoms with Gasteiger partial charge in [-0.05, 0) is 56.8 Å². The average Bonchev–Trinajstić information content (AvgIpc) is 3.60. The van der Waals surface area contributed by atoms with Crippen LogP contribution in [0.15, 0.2) is 57.9 Å². The average molecular weight is 543 g/mol. The zero-order chi connectivity index (χ0) is 23.8. The molecule has 0 bridgehead atoms. The zero-order valence-electron chi connectivity index (χ0n) is 17.0. The fraction of sp³-hybridized carbons (Fsp3) is 0.238. The molecule has 0 aliphatic heterocycles. The summed E-state index contributed by atoms with van der Waals surface area (Å²) in [6, 6.07) is 11.2. The van der Waals surface area contributed by atoms with Gasteiger partial charge in [-0.1, -0.05) is 40.2 Å². The van der Waals surface area contributed by atoms with E-state index in [1.165, 1.54) is 18.2 Å². The van der Waals surface area contributed by atoms with E-state index in [1.54, 1.807) is 39.6 Å². The first-order valence-corrected chi connectivity index (χ1v) is 12.4. The van der Waals surface area contributed by atoms with E-state index in [0.717, 1.165) is 12.8 Å². The van der Waals surface area contributed by atoms with Gasteiger partial charge in [0.15, 0.2) is 0 Å². The maximum absolute atomic E-state index is 13.1. The molecule has 1 fully saturated rings. The summed E-state index contributed by atoms with van der Waals surface area (Å²) in [5.41, 5.74) is 2.25. The number of carbonyl (C=O) groups is 1. The molecule has 0 radical (unpaired) electrons. The smallest absolute Gasteiger partial charge is 0.399 e. The van der Waals surface area contributed by atoms with Gasteiger partial charge >= 0.3 is 19.3 Å². The minimum Gasteiger partial charge on any atom is -0.478 e. The van der Waals surface area contributed by atoms with Crippen LogP contribution in [0, 0.1) is 0 Å². The highest BCUT2D eigenvalue weighted by Crippen LogP contribution is 2.53. The number of carboxylic acids is 1. The van der Waals surface area contributed by atoms with E-state index < -0.39 is 19.7 Å². The van der Waals surface area contributed by atoms with Crippen LogP contribution in [-0.4, -0.2) is 20.2 Å². The number of nitrogens with zero attached hydrogens (tertiary/aromatic N) is 2. The van der Waals surface area contributed by atoms with Crippen molar-refractivity contribution in [3.05, 3.63) is 80.3 Å². The van der Waals surface area contributed by atoms with Gasteiger partial charge in [0.05, 0.1) is 24.0 Å². The van der Waals surface area contributed by atoms with Crippen molar-refractivity contribution in [2.75, 3.05) is 0 Å². The molecule has 33 heavy (non-hydrogen) atoms. The van der Waals surface area contributed by atoms with Gasteiger partial charge in [0.1, 0.15) is 0 Å². The third-order valence-corrected chi connectivity index (χ3v) is 7.29. The SMILES string of the molecule is O=C(O)c1ccc(-c2cn(C3CC3)c(=O)n2Cc2ccc(CP(=O)(OF)OF)c(Br)c2)cc1. The van der Waals surface area contributed by atoms with Crippen LogP contribution < -0.4 is 5.69 Å². The van der Waals surface area contributed by atoms with E-state index >= 15 is 0 Å². The molecule has 0 saturated heterocycles. The lowest BCUT2D eigenvalue weighted by atomic mass is 10.1. The van der Waals surface area contributed by atoms with Crippen LogP contribution in [0.5, 0.6) is 0 Å². The standard InChI is InChI=1S/C21H18BrF2N2O6P/c22-18-9-13(1-2-16(18)12-33(30,31-23)32-24)10-26-19(11-25(21(26)29)17-7-8-17)14-3-5-15(6-4-14)20(27)28/h1-6,9,11,17H,7-8,10,12H2,(H,27,28). The molecule has 2 aromatic carbocycles. The summed E-state index contributed by atoms with van der Waals surface area (Å²) in [6.07, 6.45) is 2.97. The van der Waals surface area contributed by atoms with E-state index in [0.29, 0.717) is 26.9 Å². The second kappa shape index (κ2) is 9.34. The predicted molar refractivity (Wildman–Crippen MR) is 118 cm³/mol. The zero-order valence-corrected chi connectivity index (χ0v) is 19.5. The third kappa shape index (κ3) is 5.01. The maximum atomic E-state index is 13.1. The minimum atomic E-state index is -4.54. The Hall–Kier alpha value is -2.59. The number of halogens is 3. The highest BCUT2D eigenvalue weighted by Gasteiger charge is 2.30. The summed E-state index contributed by atoms with van der Waals surface area (Å²) in [7, 11) is -4.54. The molecule has 0 atom stereocenters. The van der Waals surface area contributed by atoms with Crippen molar-refractivity contribution in [2.24, 2.45) is 0 Å². The topological polar surface area (TPSA) is 99.8 Å². The normalized spacial score (nSPS) is 13.9. The number of aromatic carboxylic acids is 1. The first kappa shape index (κ1) is 23.6. The molecular weight excluding hydrogens is 525 g/mol. The first-order valence-electron chi connectivity index (χ1n) is 9.87. The molecule has 8 nitrogen and oxygen atoms in total. The van der Waals surface area contributed by atoms with E-state index in [2.05, 4.69) is 25.4 Å². The predicted octanol–water partition coefficient (Wildman–Crippen LogP) is 5.66. The number of benzene rings is 2. The van der Waals surface area contributed by atoms with Crippen LogP contribution in [0.2, 0.25) is 0 Å². The fourth-order valence-corrected chi connectivity index (χ4v) is 5.14. The lowest BCUT2D eigenvalue weighted by molar-refractivity contribution is -0.0881. The van der Waals surface area contributed by atoms with Crippen molar-refractivity contribution in [3.8, 4) is 11.3 Å². The van der Waals surface area contributed by atoms with E-state index in [9.17, 15) is 23.2 Å². The quantitative estimate of drug-likeness (QED) is 0.350. The Morgan fingerprint density at radius 1 is 1.15 bits per heavy atom. The van der Waals surface area contributed by atoms with Crippen molar-refractivity contribution in [3.63, 3.8) is 0 Å². The van der Waals surface area contributed by atoms with Gasteiger partial charge in [-0.2, -0.15) is 0 Å². The Morgan fingerprint density at radius 2 is 1.82 bits per heavy atom. The summed E-state index contributed by atoms with van der Waals surface area (Å²) in [5, 5.41) is 9.14. The van der Waals surface area contributed by atoms with Crippen molar-refractivity contribution in [1.29, 1.82) is 0 Å². The Bertz CT molecular complexity index is 1300. The summed E-state index contributed by atoms with van der Waals surface area (Å²) >= 11 is 3.29. The number of hydrogen-bond donors (Lipinski definition) is 1. The second-order valence-electron chi connectivity index (χ2n) is 7.74. The number of aromatic nitrogens is 2. The minimum absolute atomic E-state index is 0.139. The molecule has 1 N–H and O–H groups in total. The number of rotatable bonds is 9. The Labute approximate surface area is 194 Å². The van der Waals surface area contributed by atoms with Crippen LogP contribution in [-0.2, 0) is 26.7 Å². The molecule has 3 aromatic rings. The van der Waals surface area contributed by atoms with Gasteiger partial charge in [-0.3, -0.25) is 13.7 Å². The van der Waals surface area contributed by atoms with Gasteiger partial charge in [-0.25, -0.2) is 9.59 Å². The summed E-state index contributed by atoms with van der Waals surface area (Å²) < 4.78 is 46.5. The molecule has 4 rings (SSSR count). The molecule has 1 heterocycles. The lowest BCUT2D eigenvalue weighted by Gasteiger charge is -2.12. The van der Waals surface area contributed by atoms with E-state index in [1.807, 2.05) is 0 Å². The van der Waals surface area contributed by atoms with Gasteiger partial charge in [0, 0.05) is 16.7 Å². The Balaban J connectivity index is 1.68. The molecule has 1 saturated carbocycles. The van der Waals surface area contributed by atoms with E-state index in [4.69, 9.17) is 5.11 Å². The second-order valence-corrected chi connectivity index (χ2v) is 10.4. The lowest BCUT2D eigenvalue weighted by Crippen LogP contribution is -2.24. The van der Waals surface area contributed by atoms with Crippen LogP contribution >= 0.6 is 23.5 Å². The number of hydrogen-bond acceptors (Lipinski definition) is 5. The van der Waals surface area contributed by atoms with Gasteiger partial charge in [-0.15, -0.1) is 9.46 Å². The monoisotopic (exact) mass is 542 g/mol. The molecule has 0 unspecified atom stereocenters. The van der Waals surface area contributed by atoms with E-state index in [-0.39, 0.29) is 23.8 Å². The van der Waals surface area contributed by atoms with Crippen molar-refractivity contribution < 1.29 is 33.0 Å². The number of carboxylic acid groups (broad SMARTS) is 1. The van der Waals surface area contributed by atoms with Crippen molar-refractivity contribution >= 4 is 29.5 Å². The Morgan fingerprint density at radius 3 is 2.36 bits per heavy atom. The summed E-state index contributed by atoms with van der Waals surface area (Å²) in [6.45, 7) is 0.185. The highest BCUT2D eigenvalue weighted by molar-refractivity contribution is 9.10. The summed E-state index contributed by atoms with van der Waals surface area (Å²) in [4.78, 5) is 24.3. The van der Waals surface area contributed by atoms with Crippen LogP contribution in [0.25, 0.3) is 11.3 Å². The number of imidazole rings is 1. The first-order chi connectivity index (χ1) is 15.7. The Kier molecular flexibility index (Phi) is 6.67. The van der Waals surface area contributed by atoms with Crippen LogP contribution in [0.1, 0.15) is 40.4 Å². The third-order valence-electron chi connectivity index (χ3n) is 5.40. The van der Waals surface area contributed by atoms with Crippen molar-refractivity contribution in [2.45, 2.75) is 31.6 Å². The molecule has 174 valence electrons. The van der Waals surface area contributed by atoms with Gasteiger partial charge < -0.3 is 5.11 Å². The highest BCUT2D eigenvalue weighted by atomic mass is 79.9. The van der Waals surface area contributed by atoms with Gasteiger partial charge in [0.25, 0.3) is 0 Å². The maximum Gasteiger partial charge on any atom is 0.399 e. The molecule has 1 aliphatic carbocycles. The molecular formula is C21H18BrF2N2O6P. The molecule has 1 aromatic heterocycles. The fourth-order valence-electron chi connectivity index (χ4n) is 3.55. The molecule has 12 heteroatoms. The largest absolute Gasteiger partial charge is 0.478 e. The molecule has 0 amide bonds.